The minimum Gasteiger partial charge on any atom is -0.314 e. The summed E-state index contributed by atoms with van der Waals surface area (Å²) in [7, 11) is 0. The number of piperazine rings is 1. The summed E-state index contributed by atoms with van der Waals surface area (Å²) in [5.41, 5.74) is 1.06. The van der Waals surface area contributed by atoms with Crippen molar-refractivity contribution in [1.82, 2.24) is 20.2 Å². The van der Waals surface area contributed by atoms with E-state index in [-0.39, 0.29) is 12.4 Å². The van der Waals surface area contributed by atoms with E-state index in [0.717, 1.165) is 31.9 Å². The van der Waals surface area contributed by atoms with Gasteiger partial charge >= 0.3 is 0 Å². The molecule has 15 heavy (non-hydrogen) atoms. The molecule has 0 aromatic carbocycles. The van der Waals surface area contributed by atoms with Crippen LogP contribution in [0.3, 0.4) is 0 Å². The number of nitrogens with one attached hydrogen (secondary N) is 1. The van der Waals surface area contributed by atoms with Gasteiger partial charge in [-0.2, -0.15) is 0 Å². The predicted molar refractivity (Wildman–Crippen MR) is 62.1 cm³/mol. The zero-order valence-corrected chi connectivity index (χ0v) is 9.70. The van der Waals surface area contributed by atoms with Crippen molar-refractivity contribution in [2.45, 2.75) is 13.0 Å². The lowest BCUT2D eigenvalue weighted by atomic mass is 10.2. The molecule has 0 spiro atoms. The molecule has 4 nitrogen and oxygen atoms in total. The van der Waals surface area contributed by atoms with Crippen LogP contribution in [0.4, 0.5) is 0 Å². The van der Waals surface area contributed by atoms with Crippen LogP contribution < -0.4 is 5.32 Å². The van der Waals surface area contributed by atoms with Gasteiger partial charge in [-0.05, 0) is 6.92 Å². The van der Waals surface area contributed by atoms with Gasteiger partial charge < -0.3 is 5.32 Å². The first-order valence-electron chi connectivity index (χ1n) is 5.08. The van der Waals surface area contributed by atoms with Gasteiger partial charge in [0.1, 0.15) is 0 Å². The highest BCUT2D eigenvalue weighted by Crippen LogP contribution is 2.16. The van der Waals surface area contributed by atoms with E-state index in [4.69, 9.17) is 0 Å². The summed E-state index contributed by atoms with van der Waals surface area (Å²) in [5, 5.41) is 3.34. The maximum atomic E-state index is 4.33. The van der Waals surface area contributed by atoms with E-state index in [0.29, 0.717) is 6.04 Å². The number of halogens is 1. The molecule has 1 atom stereocenters. The second kappa shape index (κ2) is 6.00. The van der Waals surface area contributed by atoms with Crippen LogP contribution >= 0.6 is 12.4 Å². The number of aromatic nitrogens is 2. The van der Waals surface area contributed by atoms with E-state index in [1.54, 1.807) is 12.4 Å². The van der Waals surface area contributed by atoms with Crippen LogP contribution in [-0.2, 0) is 0 Å². The molecule has 1 aliphatic heterocycles. The van der Waals surface area contributed by atoms with Crippen molar-refractivity contribution in [1.29, 1.82) is 0 Å². The van der Waals surface area contributed by atoms with E-state index >= 15 is 0 Å². The topological polar surface area (TPSA) is 41.1 Å². The molecule has 0 radical (unpaired) electrons. The Morgan fingerprint density at radius 2 is 2.07 bits per heavy atom. The summed E-state index contributed by atoms with van der Waals surface area (Å²) >= 11 is 0. The van der Waals surface area contributed by atoms with Crippen molar-refractivity contribution >= 4 is 12.4 Å². The molecule has 5 heteroatoms. The molecule has 2 rings (SSSR count). The predicted octanol–water partition coefficient (Wildman–Crippen LogP) is 0.865. The molecule has 0 bridgehead atoms. The van der Waals surface area contributed by atoms with Crippen LogP contribution in [0, 0.1) is 0 Å². The van der Waals surface area contributed by atoms with Crippen LogP contribution in [-0.4, -0.2) is 41.0 Å². The maximum Gasteiger partial charge on any atom is 0.0755 e. The third-order valence-corrected chi connectivity index (χ3v) is 2.71. The van der Waals surface area contributed by atoms with Crippen LogP contribution in [0.15, 0.2) is 18.6 Å². The van der Waals surface area contributed by atoms with Crippen molar-refractivity contribution in [3.8, 4) is 0 Å². The molecule has 1 N–H and O–H groups in total. The van der Waals surface area contributed by atoms with Crippen LogP contribution in [0.2, 0.25) is 0 Å². The fourth-order valence-corrected chi connectivity index (χ4v) is 1.78. The van der Waals surface area contributed by atoms with E-state index in [2.05, 4.69) is 27.1 Å². The SMILES string of the molecule is CC(c1cnccn1)N1CCNCC1.Cl. The normalized spacial score (nSPS) is 19.3. The summed E-state index contributed by atoms with van der Waals surface area (Å²) in [6.07, 6.45) is 5.33. The lowest BCUT2D eigenvalue weighted by Gasteiger charge is -2.32. The number of hydrogen-bond donors (Lipinski definition) is 1. The molecule has 2 heterocycles. The molecule has 84 valence electrons. The molecular formula is C10H17ClN4. The van der Waals surface area contributed by atoms with Crippen molar-refractivity contribution in [3.63, 3.8) is 0 Å². The van der Waals surface area contributed by atoms with Gasteiger partial charge in [0.2, 0.25) is 0 Å². The fourth-order valence-electron chi connectivity index (χ4n) is 1.78. The maximum absolute atomic E-state index is 4.33. The lowest BCUT2D eigenvalue weighted by molar-refractivity contribution is 0.182. The highest BCUT2D eigenvalue weighted by atomic mass is 35.5. The van der Waals surface area contributed by atoms with Gasteiger partial charge in [-0.15, -0.1) is 12.4 Å². The molecule has 1 aliphatic rings. The highest BCUT2D eigenvalue weighted by molar-refractivity contribution is 5.85. The zero-order valence-electron chi connectivity index (χ0n) is 8.89. The van der Waals surface area contributed by atoms with Gasteiger partial charge in [-0.1, -0.05) is 0 Å². The Kier molecular flexibility index (Phi) is 4.94. The molecule has 0 saturated carbocycles. The molecule has 1 aromatic heterocycles. The first-order valence-corrected chi connectivity index (χ1v) is 5.08. The van der Waals surface area contributed by atoms with Gasteiger partial charge in [0.25, 0.3) is 0 Å². The Bertz CT molecular complexity index is 274. The summed E-state index contributed by atoms with van der Waals surface area (Å²) < 4.78 is 0. The minimum atomic E-state index is 0. The molecule has 0 aliphatic carbocycles. The largest absolute Gasteiger partial charge is 0.314 e. The van der Waals surface area contributed by atoms with E-state index in [9.17, 15) is 0 Å². The molecule has 1 saturated heterocycles. The van der Waals surface area contributed by atoms with Gasteiger partial charge in [0.15, 0.2) is 0 Å². The summed E-state index contributed by atoms with van der Waals surface area (Å²) in [6.45, 7) is 6.53. The highest BCUT2D eigenvalue weighted by Gasteiger charge is 2.18. The average molecular weight is 229 g/mol. The minimum absolute atomic E-state index is 0. The molecule has 1 aromatic rings. The van der Waals surface area contributed by atoms with Crippen molar-refractivity contribution in [3.05, 3.63) is 24.3 Å². The number of rotatable bonds is 2. The van der Waals surface area contributed by atoms with Crippen molar-refractivity contribution < 1.29 is 0 Å². The zero-order chi connectivity index (χ0) is 9.80. The monoisotopic (exact) mass is 228 g/mol. The second-order valence-corrected chi connectivity index (χ2v) is 3.59. The molecule has 0 amide bonds. The first-order chi connectivity index (χ1) is 6.88. The van der Waals surface area contributed by atoms with Crippen LogP contribution in [0.25, 0.3) is 0 Å². The van der Waals surface area contributed by atoms with Gasteiger partial charge in [-0.3, -0.25) is 14.9 Å². The van der Waals surface area contributed by atoms with E-state index in [1.165, 1.54) is 0 Å². The van der Waals surface area contributed by atoms with Crippen LogP contribution in [0.5, 0.6) is 0 Å². The summed E-state index contributed by atoms with van der Waals surface area (Å²) in [4.78, 5) is 10.9. The second-order valence-electron chi connectivity index (χ2n) is 3.59. The molecule has 1 unspecified atom stereocenters. The van der Waals surface area contributed by atoms with Crippen LogP contribution in [0.1, 0.15) is 18.7 Å². The Morgan fingerprint density at radius 3 is 2.67 bits per heavy atom. The van der Waals surface area contributed by atoms with E-state index < -0.39 is 0 Å². The lowest BCUT2D eigenvalue weighted by Crippen LogP contribution is -2.44. The number of hydrogen-bond acceptors (Lipinski definition) is 4. The Labute approximate surface area is 96.5 Å². The van der Waals surface area contributed by atoms with Gasteiger partial charge in [-0.25, -0.2) is 0 Å². The van der Waals surface area contributed by atoms with Crippen molar-refractivity contribution in [2.75, 3.05) is 26.2 Å². The Morgan fingerprint density at radius 1 is 1.33 bits per heavy atom. The smallest absolute Gasteiger partial charge is 0.0755 e. The molecular weight excluding hydrogens is 212 g/mol. The Hall–Kier alpha value is -0.710. The third-order valence-electron chi connectivity index (χ3n) is 2.71. The van der Waals surface area contributed by atoms with Crippen molar-refractivity contribution in [2.24, 2.45) is 0 Å². The standard InChI is InChI=1S/C10H16N4.ClH/c1-9(10-8-12-2-3-13-10)14-6-4-11-5-7-14;/h2-3,8-9,11H,4-7H2,1H3;1H. The number of nitrogens with zero attached hydrogens (tertiary/aromatic N) is 3. The quantitative estimate of drug-likeness (QED) is 0.816. The summed E-state index contributed by atoms with van der Waals surface area (Å²) in [6, 6.07) is 0.380. The van der Waals surface area contributed by atoms with Gasteiger partial charge in [0.05, 0.1) is 11.7 Å². The first kappa shape index (κ1) is 12.4. The summed E-state index contributed by atoms with van der Waals surface area (Å²) in [5.74, 6) is 0. The van der Waals surface area contributed by atoms with E-state index in [1.807, 2.05) is 6.20 Å². The average Bonchev–Trinajstić information content (AvgIpc) is 2.30. The fraction of sp³-hybridized carbons (Fsp3) is 0.600. The third kappa shape index (κ3) is 3.12. The van der Waals surface area contributed by atoms with Gasteiger partial charge in [0, 0.05) is 44.8 Å². The Balaban J connectivity index is 0.00000112. The molecule has 1 fully saturated rings.